The summed E-state index contributed by atoms with van der Waals surface area (Å²) in [7, 11) is 2.26. The maximum Gasteiger partial charge on any atom is 0.0468 e. The standard InChI is InChI=1S/C18H35NO/c1-15(14-17-8-12-20-13-9-17)4-5-16(2)18-6-10-19(3)11-7-18/h15-18H,4-14H2,1-3H3. The van der Waals surface area contributed by atoms with Gasteiger partial charge in [-0.15, -0.1) is 0 Å². The van der Waals surface area contributed by atoms with Crippen LogP contribution < -0.4 is 0 Å². The number of ether oxygens (including phenoxy) is 1. The molecular formula is C18H35NO. The Balaban J connectivity index is 1.60. The van der Waals surface area contributed by atoms with E-state index in [1.165, 1.54) is 58.0 Å². The van der Waals surface area contributed by atoms with E-state index in [-0.39, 0.29) is 0 Å². The van der Waals surface area contributed by atoms with Crippen LogP contribution in [0.1, 0.15) is 58.8 Å². The van der Waals surface area contributed by atoms with Crippen molar-refractivity contribution >= 4 is 0 Å². The molecule has 2 nitrogen and oxygen atoms in total. The highest BCUT2D eigenvalue weighted by Gasteiger charge is 2.23. The Kier molecular flexibility index (Phi) is 6.83. The minimum Gasteiger partial charge on any atom is -0.381 e. The van der Waals surface area contributed by atoms with E-state index in [0.29, 0.717) is 0 Å². The molecule has 0 aliphatic carbocycles. The van der Waals surface area contributed by atoms with E-state index in [2.05, 4.69) is 25.8 Å². The van der Waals surface area contributed by atoms with Gasteiger partial charge in [-0.3, -0.25) is 0 Å². The van der Waals surface area contributed by atoms with E-state index in [1.54, 1.807) is 0 Å². The van der Waals surface area contributed by atoms with Crippen LogP contribution in [0.5, 0.6) is 0 Å². The average molecular weight is 281 g/mol. The summed E-state index contributed by atoms with van der Waals surface area (Å²) in [6, 6.07) is 0. The van der Waals surface area contributed by atoms with Gasteiger partial charge in [-0.25, -0.2) is 0 Å². The first-order valence-electron chi connectivity index (χ1n) is 8.91. The van der Waals surface area contributed by atoms with Gasteiger partial charge in [0.25, 0.3) is 0 Å². The summed E-state index contributed by atoms with van der Waals surface area (Å²) in [6.45, 7) is 9.60. The van der Waals surface area contributed by atoms with Crippen molar-refractivity contribution in [1.82, 2.24) is 4.90 Å². The lowest BCUT2D eigenvalue weighted by Gasteiger charge is -2.33. The molecule has 2 saturated heterocycles. The quantitative estimate of drug-likeness (QED) is 0.723. The summed E-state index contributed by atoms with van der Waals surface area (Å²) in [4.78, 5) is 2.48. The molecule has 0 bridgehead atoms. The van der Waals surface area contributed by atoms with Crippen LogP contribution in [-0.2, 0) is 4.74 Å². The normalized spacial score (nSPS) is 26.6. The van der Waals surface area contributed by atoms with Gasteiger partial charge < -0.3 is 9.64 Å². The van der Waals surface area contributed by atoms with Crippen LogP contribution in [-0.4, -0.2) is 38.3 Å². The molecule has 0 aromatic rings. The first-order chi connectivity index (χ1) is 9.65. The monoisotopic (exact) mass is 281 g/mol. The molecule has 118 valence electrons. The predicted octanol–water partition coefficient (Wildman–Crippen LogP) is 4.20. The Bertz CT molecular complexity index is 254. The highest BCUT2D eigenvalue weighted by molar-refractivity contribution is 4.75. The maximum atomic E-state index is 5.46. The molecule has 2 aliphatic heterocycles. The number of likely N-dealkylation sites (tertiary alicyclic amines) is 1. The van der Waals surface area contributed by atoms with Gasteiger partial charge >= 0.3 is 0 Å². The third-order valence-electron chi connectivity index (χ3n) is 5.76. The third kappa shape index (κ3) is 5.37. The van der Waals surface area contributed by atoms with Gasteiger partial charge in [-0.1, -0.05) is 26.7 Å². The molecule has 2 atom stereocenters. The first-order valence-corrected chi connectivity index (χ1v) is 8.91. The summed E-state index contributed by atoms with van der Waals surface area (Å²) in [5, 5.41) is 0. The Hall–Kier alpha value is -0.0800. The first kappa shape index (κ1) is 16.3. The van der Waals surface area contributed by atoms with E-state index < -0.39 is 0 Å². The number of rotatable bonds is 6. The summed E-state index contributed by atoms with van der Waals surface area (Å²) in [6.07, 6.45) is 9.76. The summed E-state index contributed by atoms with van der Waals surface area (Å²) in [5.41, 5.74) is 0. The van der Waals surface area contributed by atoms with Crippen LogP contribution in [0.2, 0.25) is 0 Å². The maximum absolute atomic E-state index is 5.46. The molecule has 2 heteroatoms. The lowest BCUT2D eigenvalue weighted by molar-refractivity contribution is 0.0583. The Morgan fingerprint density at radius 1 is 1.00 bits per heavy atom. The van der Waals surface area contributed by atoms with E-state index in [4.69, 9.17) is 4.74 Å². The molecular weight excluding hydrogens is 246 g/mol. The van der Waals surface area contributed by atoms with Crippen molar-refractivity contribution in [3.8, 4) is 0 Å². The van der Waals surface area contributed by atoms with Crippen LogP contribution >= 0.6 is 0 Å². The Morgan fingerprint density at radius 3 is 2.30 bits per heavy atom. The van der Waals surface area contributed by atoms with Crippen molar-refractivity contribution in [2.45, 2.75) is 58.8 Å². The van der Waals surface area contributed by atoms with Gasteiger partial charge in [0, 0.05) is 13.2 Å². The zero-order valence-electron chi connectivity index (χ0n) is 13.9. The second-order valence-electron chi connectivity index (χ2n) is 7.59. The molecule has 2 fully saturated rings. The average Bonchev–Trinajstić information content (AvgIpc) is 2.46. The van der Waals surface area contributed by atoms with Gasteiger partial charge in [-0.2, -0.15) is 0 Å². The molecule has 0 spiro atoms. The minimum absolute atomic E-state index is 0.909. The highest BCUT2D eigenvalue weighted by atomic mass is 16.5. The van der Waals surface area contributed by atoms with Gasteiger partial charge in [0.1, 0.15) is 0 Å². The van der Waals surface area contributed by atoms with Crippen molar-refractivity contribution in [1.29, 1.82) is 0 Å². The molecule has 0 radical (unpaired) electrons. The smallest absolute Gasteiger partial charge is 0.0468 e. The molecule has 2 heterocycles. The predicted molar refractivity (Wildman–Crippen MR) is 85.9 cm³/mol. The van der Waals surface area contributed by atoms with E-state index >= 15 is 0 Å². The van der Waals surface area contributed by atoms with Crippen LogP contribution in [0.15, 0.2) is 0 Å². The molecule has 2 aliphatic rings. The van der Waals surface area contributed by atoms with Gasteiger partial charge in [0.05, 0.1) is 0 Å². The number of hydrogen-bond donors (Lipinski definition) is 0. The van der Waals surface area contributed by atoms with Crippen molar-refractivity contribution in [3.63, 3.8) is 0 Å². The number of piperidine rings is 1. The van der Waals surface area contributed by atoms with Crippen LogP contribution in [0.25, 0.3) is 0 Å². The van der Waals surface area contributed by atoms with E-state index in [0.717, 1.165) is 36.9 Å². The summed E-state index contributed by atoms with van der Waals surface area (Å²) >= 11 is 0. The molecule has 20 heavy (non-hydrogen) atoms. The molecule has 2 unspecified atom stereocenters. The molecule has 0 amide bonds. The second kappa shape index (κ2) is 8.38. The van der Waals surface area contributed by atoms with Crippen LogP contribution in [0.4, 0.5) is 0 Å². The Labute approximate surface area is 126 Å². The van der Waals surface area contributed by atoms with Gasteiger partial charge in [0.2, 0.25) is 0 Å². The topological polar surface area (TPSA) is 12.5 Å². The van der Waals surface area contributed by atoms with Crippen molar-refractivity contribution in [3.05, 3.63) is 0 Å². The van der Waals surface area contributed by atoms with Gasteiger partial charge in [-0.05, 0) is 75.9 Å². The fraction of sp³-hybridized carbons (Fsp3) is 1.00. The fourth-order valence-electron chi connectivity index (χ4n) is 4.05. The molecule has 0 N–H and O–H groups in total. The largest absolute Gasteiger partial charge is 0.381 e. The van der Waals surface area contributed by atoms with Crippen LogP contribution in [0.3, 0.4) is 0 Å². The second-order valence-corrected chi connectivity index (χ2v) is 7.59. The van der Waals surface area contributed by atoms with Crippen molar-refractivity contribution in [2.24, 2.45) is 23.7 Å². The number of hydrogen-bond acceptors (Lipinski definition) is 2. The number of nitrogens with zero attached hydrogens (tertiary/aromatic N) is 1. The summed E-state index contributed by atoms with van der Waals surface area (Å²) in [5.74, 6) is 3.77. The zero-order valence-corrected chi connectivity index (χ0v) is 13.9. The molecule has 2 rings (SSSR count). The lowest BCUT2D eigenvalue weighted by atomic mass is 9.80. The van der Waals surface area contributed by atoms with Gasteiger partial charge in [0.15, 0.2) is 0 Å². The lowest BCUT2D eigenvalue weighted by Crippen LogP contribution is -2.32. The summed E-state index contributed by atoms with van der Waals surface area (Å²) < 4.78 is 5.46. The van der Waals surface area contributed by atoms with E-state index in [9.17, 15) is 0 Å². The van der Waals surface area contributed by atoms with Crippen LogP contribution in [0, 0.1) is 23.7 Å². The molecule has 0 saturated carbocycles. The molecule has 0 aromatic carbocycles. The fourth-order valence-corrected chi connectivity index (χ4v) is 4.05. The third-order valence-corrected chi connectivity index (χ3v) is 5.76. The van der Waals surface area contributed by atoms with E-state index in [1.807, 2.05) is 0 Å². The SMILES string of the molecule is CC(CCC(C)C1CCN(C)CC1)CC1CCOCC1. The Morgan fingerprint density at radius 2 is 1.65 bits per heavy atom. The van der Waals surface area contributed by atoms with Crippen molar-refractivity contribution in [2.75, 3.05) is 33.4 Å². The highest BCUT2D eigenvalue weighted by Crippen LogP contribution is 2.31. The van der Waals surface area contributed by atoms with Crippen molar-refractivity contribution < 1.29 is 4.74 Å². The molecule has 0 aromatic heterocycles. The minimum atomic E-state index is 0.909. The zero-order chi connectivity index (χ0) is 14.4.